The molecule has 2 aromatic rings. The molecule has 0 bridgehead atoms. The fourth-order valence-electron chi connectivity index (χ4n) is 2.05. The summed E-state index contributed by atoms with van der Waals surface area (Å²) in [6.07, 6.45) is 1.40. The average molecular weight is 234 g/mol. The number of aromatic nitrogens is 4. The highest BCUT2D eigenvalue weighted by Gasteiger charge is 2.42. The molecule has 0 radical (unpaired) electrons. The first-order valence-electron chi connectivity index (χ1n) is 5.41. The lowest BCUT2D eigenvalue weighted by molar-refractivity contribution is 0.178. The van der Waals surface area contributed by atoms with Crippen molar-refractivity contribution in [2.75, 3.05) is 18.9 Å². The molecule has 5 N–H and O–H groups in total. The van der Waals surface area contributed by atoms with E-state index in [-0.39, 0.29) is 11.5 Å². The number of nitrogen functional groups attached to an aromatic ring is 1. The fraction of sp³-hybridized carbons (Fsp3) is 0.500. The van der Waals surface area contributed by atoms with Crippen molar-refractivity contribution < 1.29 is 4.74 Å². The van der Waals surface area contributed by atoms with E-state index in [4.69, 9.17) is 16.2 Å². The van der Waals surface area contributed by atoms with E-state index in [0.29, 0.717) is 30.2 Å². The molecule has 2 aromatic heterocycles. The molecule has 0 aromatic carbocycles. The summed E-state index contributed by atoms with van der Waals surface area (Å²) in [5.41, 5.74) is 12.7. The summed E-state index contributed by atoms with van der Waals surface area (Å²) in [6.45, 7) is 3.10. The molecule has 2 atom stereocenters. The van der Waals surface area contributed by atoms with Crippen LogP contribution in [0.15, 0.2) is 6.33 Å². The van der Waals surface area contributed by atoms with Gasteiger partial charge >= 0.3 is 0 Å². The second-order valence-electron chi connectivity index (χ2n) is 4.58. The van der Waals surface area contributed by atoms with Crippen LogP contribution in [0.3, 0.4) is 0 Å². The first-order chi connectivity index (χ1) is 8.11. The Balaban J connectivity index is 2.15. The number of nitrogens with zero attached hydrogens (tertiary/aromatic N) is 3. The van der Waals surface area contributed by atoms with Crippen LogP contribution >= 0.6 is 0 Å². The van der Waals surface area contributed by atoms with E-state index in [1.54, 1.807) is 0 Å². The van der Waals surface area contributed by atoms with E-state index < -0.39 is 0 Å². The molecule has 1 aliphatic heterocycles. The lowest BCUT2D eigenvalue weighted by Gasteiger charge is -2.23. The minimum atomic E-state index is -0.326. The van der Waals surface area contributed by atoms with Gasteiger partial charge in [-0.15, -0.1) is 0 Å². The number of H-pyrrole nitrogens is 1. The summed E-state index contributed by atoms with van der Waals surface area (Å²) < 4.78 is 5.40. The Labute approximate surface area is 97.6 Å². The largest absolute Gasteiger partial charge is 0.382 e. The maximum absolute atomic E-state index is 6.05. The zero-order valence-electron chi connectivity index (χ0n) is 9.47. The van der Waals surface area contributed by atoms with Gasteiger partial charge in [0.15, 0.2) is 11.5 Å². The Bertz CT molecular complexity index is 567. The van der Waals surface area contributed by atoms with Gasteiger partial charge in [-0.3, -0.25) is 0 Å². The third-order valence-electron chi connectivity index (χ3n) is 3.38. The number of rotatable bonds is 1. The summed E-state index contributed by atoms with van der Waals surface area (Å²) in [5.74, 6) is 1.15. The maximum Gasteiger partial charge on any atom is 0.183 e. The van der Waals surface area contributed by atoms with E-state index in [9.17, 15) is 0 Å². The number of fused-ring (bicyclic) bond motifs is 1. The number of aromatic amines is 1. The number of anilines is 1. The highest BCUT2D eigenvalue weighted by molar-refractivity contribution is 5.81. The Hall–Kier alpha value is -1.73. The van der Waals surface area contributed by atoms with Crippen molar-refractivity contribution in [2.24, 2.45) is 5.73 Å². The summed E-state index contributed by atoms with van der Waals surface area (Å²) in [6, 6.07) is -0.0859. The van der Waals surface area contributed by atoms with E-state index >= 15 is 0 Å². The van der Waals surface area contributed by atoms with Gasteiger partial charge in [-0.25, -0.2) is 15.0 Å². The van der Waals surface area contributed by atoms with Gasteiger partial charge in [0.1, 0.15) is 17.7 Å². The first kappa shape index (κ1) is 10.4. The Morgan fingerprint density at radius 3 is 3.00 bits per heavy atom. The molecule has 0 spiro atoms. The van der Waals surface area contributed by atoms with Crippen molar-refractivity contribution >= 4 is 17.0 Å². The third kappa shape index (κ3) is 1.39. The standard InChI is InChI=1S/C10H14N6O/c1-10(3-17-2-5(10)11)9-15-6-7(12)13-4-14-8(6)16-9/h4-5H,2-3,11H2,1H3,(H3,12,13,14,15,16). The number of hydrogen-bond donors (Lipinski definition) is 3. The molecular weight excluding hydrogens is 220 g/mol. The smallest absolute Gasteiger partial charge is 0.183 e. The van der Waals surface area contributed by atoms with Gasteiger partial charge in [0.2, 0.25) is 0 Å². The molecule has 1 aliphatic rings. The number of nitrogens with one attached hydrogen (secondary N) is 1. The van der Waals surface area contributed by atoms with Crippen LogP contribution < -0.4 is 11.5 Å². The van der Waals surface area contributed by atoms with Gasteiger partial charge in [0.05, 0.1) is 18.6 Å². The maximum atomic E-state index is 6.05. The molecule has 0 amide bonds. The van der Waals surface area contributed by atoms with Gasteiger partial charge in [-0.2, -0.15) is 0 Å². The summed E-state index contributed by atoms with van der Waals surface area (Å²) in [5, 5.41) is 0. The predicted octanol–water partition coefficient (Wildman–Crippen LogP) is -0.450. The number of ether oxygens (including phenoxy) is 1. The fourth-order valence-corrected chi connectivity index (χ4v) is 2.05. The van der Waals surface area contributed by atoms with Crippen LogP contribution in [0.5, 0.6) is 0 Å². The second-order valence-corrected chi connectivity index (χ2v) is 4.58. The van der Waals surface area contributed by atoms with Crippen molar-refractivity contribution in [1.29, 1.82) is 0 Å². The third-order valence-corrected chi connectivity index (χ3v) is 3.38. The molecule has 17 heavy (non-hydrogen) atoms. The zero-order valence-corrected chi connectivity index (χ0v) is 9.47. The van der Waals surface area contributed by atoms with Crippen molar-refractivity contribution in [1.82, 2.24) is 19.9 Å². The zero-order chi connectivity index (χ0) is 12.0. The molecule has 0 aliphatic carbocycles. The van der Waals surface area contributed by atoms with Gasteiger partial charge in [-0.05, 0) is 6.92 Å². The van der Waals surface area contributed by atoms with Crippen LogP contribution in [0.4, 0.5) is 5.82 Å². The second kappa shape index (κ2) is 3.38. The topological polar surface area (TPSA) is 116 Å². The number of nitrogens with two attached hydrogens (primary N) is 2. The van der Waals surface area contributed by atoms with E-state index in [0.717, 1.165) is 5.82 Å². The molecular formula is C10H14N6O. The molecule has 1 saturated heterocycles. The van der Waals surface area contributed by atoms with Gasteiger partial charge < -0.3 is 21.2 Å². The van der Waals surface area contributed by atoms with Gasteiger partial charge in [0, 0.05) is 6.04 Å². The molecule has 3 heterocycles. The SMILES string of the molecule is CC1(c2nc3ncnc(N)c3[nH]2)COCC1N. The highest BCUT2D eigenvalue weighted by atomic mass is 16.5. The van der Waals surface area contributed by atoms with Crippen LogP contribution in [0.2, 0.25) is 0 Å². The summed E-state index contributed by atoms with van der Waals surface area (Å²) in [4.78, 5) is 15.6. The predicted molar refractivity (Wildman–Crippen MR) is 62.2 cm³/mol. The van der Waals surface area contributed by atoms with E-state index in [2.05, 4.69) is 19.9 Å². The molecule has 0 saturated carbocycles. The summed E-state index contributed by atoms with van der Waals surface area (Å²) in [7, 11) is 0. The van der Waals surface area contributed by atoms with Crippen molar-refractivity contribution in [3.05, 3.63) is 12.2 Å². The Morgan fingerprint density at radius 1 is 1.53 bits per heavy atom. The van der Waals surface area contributed by atoms with E-state index in [1.165, 1.54) is 6.33 Å². The average Bonchev–Trinajstić information content (AvgIpc) is 2.86. The molecule has 7 nitrogen and oxygen atoms in total. The Morgan fingerprint density at radius 2 is 2.35 bits per heavy atom. The van der Waals surface area contributed by atoms with Crippen LogP contribution in [0.1, 0.15) is 12.7 Å². The van der Waals surface area contributed by atoms with Crippen molar-refractivity contribution in [2.45, 2.75) is 18.4 Å². The monoisotopic (exact) mass is 234 g/mol. The number of imidazole rings is 1. The normalized spacial score (nSPS) is 28.9. The van der Waals surface area contributed by atoms with Crippen LogP contribution in [0.25, 0.3) is 11.2 Å². The van der Waals surface area contributed by atoms with Crippen LogP contribution in [0, 0.1) is 0 Å². The van der Waals surface area contributed by atoms with Gasteiger partial charge in [0.25, 0.3) is 0 Å². The minimum absolute atomic E-state index is 0.0859. The van der Waals surface area contributed by atoms with Crippen LogP contribution in [-0.2, 0) is 10.2 Å². The molecule has 1 fully saturated rings. The first-order valence-corrected chi connectivity index (χ1v) is 5.41. The summed E-state index contributed by atoms with van der Waals surface area (Å²) >= 11 is 0. The molecule has 2 unspecified atom stereocenters. The Kier molecular flexibility index (Phi) is 2.07. The van der Waals surface area contributed by atoms with Gasteiger partial charge in [-0.1, -0.05) is 0 Å². The molecule has 3 rings (SSSR count). The van der Waals surface area contributed by atoms with Crippen LogP contribution in [-0.4, -0.2) is 39.2 Å². The lowest BCUT2D eigenvalue weighted by atomic mass is 9.85. The highest BCUT2D eigenvalue weighted by Crippen LogP contribution is 2.31. The number of hydrogen-bond acceptors (Lipinski definition) is 6. The van der Waals surface area contributed by atoms with Crippen molar-refractivity contribution in [3.63, 3.8) is 0 Å². The van der Waals surface area contributed by atoms with E-state index in [1.807, 2.05) is 6.92 Å². The molecule has 7 heteroatoms. The minimum Gasteiger partial charge on any atom is -0.382 e. The van der Waals surface area contributed by atoms with Crippen molar-refractivity contribution in [3.8, 4) is 0 Å². The quantitative estimate of drug-likeness (QED) is 0.615. The molecule has 90 valence electrons. The lowest BCUT2D eigenvalue weighted by Crippen LogP contribution is -2.42.